The van der Waals surface area contributed by atoms with Crippen molar-refractivity contribution in [3.8, 4) is 10.7 Å². The topological polar surface area (TPSA) is 59.0 Å². The Balaban J connectivity index is 1.56. The van der Waals surface area contributed by atoms with E-state index in [0.29, 0.717) is 11.7 Å². The number of thiazole rings is 1. The number of nitrogens with zero attached hydrogens (tertiary/aromatic N) is 4. The Labute approximate surface area is 127 Å². The Morgan fingerprint density at radius 2 is 2.19 bits per heavy atom. The van der Waals surface area contributed by atoms with Crippen LogP contribution in [-0.2, 0) is 0 Å². The fourth-order valence-electron chi connectivity index (χ4n) is 3.06. The largest absolute Gasteiger partial charge is 0.334 e. The van der Waals surface area contributed by atoms with Gasteiger partial charge in [-0.25, -0.2) is 4.98 Å². The molecule has 2 aromatic heterocycles. The number of rotatable bonds is 3. The van der Waals surface area contributed by atoms with Gasteiger partial charge in [-0.05, 0) is 31.6 Å². The first-order chi connectivity index (χ1) is 10.3. The van der Waals surface area contributed by atoms with E-state index in [1.807, 2.05) is 10.3 Å². The van der Waals surface area contributed by atoms with Gasteiger partial charge in [0.05, 0.1) is 6.20 Å². The average molecular weight is 300 g/mol. The van der Waals surface area contributed by atoms with Gasteiger partial charge in [-0.2, -0.15) is 0 Å². The van der Waals surface area contributed by atoms with Crippen molar-refractivity contribution >= 4 is 17.2 Å². The molecule has 5 nitrogen and oxygen atoms in total. The number of hydrogen-bond donors (Lipinski definition) is 0. The quantitative estimate of drug-likeness (QED) is 0.874. The summed E-state index contributed by atoms with van der Waals surface area (Å²) in [4.78, 5) is 27.4. The third-order valence-electron chi connectivity index (χ3n) is 4.23. The molecule has 2 fully saturated rings. The molecule has 2 aromatic rings. The van der Waals surface area contributed by atoms with Crippen molar-refractivity contribution in [2.45, 2.75) is 31.7 Å². The van der Waals surface area contributed by atoms with Crippen molar-refractivity contribution < 1.29 is 4.79 Å². The molecule has 4 rings (SSSR count). The number of aromatic nitrogens is 3. The highest BCUT2D eigenvalue weighted by atomic mass is 32.1. The monoisotopic (exact) mass is 300 g/mol. The SMILES string of the molecule is O=C(c1csc(-c2cnccn2)n1)N1CCCC1C1CC1. The summed E-state index contributed by atoms with van der Waals surface area (Å²) in [7, 11) is 0. The number of carbonyl (C=O) groups is 1. The highest BCUT2D eigenvalue weighted by Crippen LogP contribution is 2.40. The molecule has 1 aliphatic carbocycles. The fourth-order valence-corrected chi connectivity index (χ4v) is 3.82. The van der Waals surface area contributed by atoms with E-state index in [-0.39, 0.29) is 5.91 Å². The summed E-state index contributed by atoms with van der Waals surface area (Å²) >= 11 is 1.45. The summed E-state index contributed by atoms with van der Waals surface area (Å²) in [5.41, 5.74) is 1.27. The van der Waals surface area contributed by atoms with Crippen LogP contribution < -0.4 is 0 Å². The molecule has 0 radical (unpaired) electrons. The van der Waals surface area contributed by atoms with Gasteiger partial charge in [0.1, 0.15) is 16.4 Å². The fraction of sp³-hybridized carbons (Fsp3) is 0.467. The zero-order valence-corrected chi connectivity index (χ0v) is 12.4. The first-order valence-corrected chi connectivity index (χ1v) is 8.24. The minimum absolute atomic E-state index is 0.0794. The molecule has 108 valence electrons. The predicted molar refractivity (Wildman–Crippen MR) is 79.9 cm³/mol. The first kappa shape index (κ1) is 12.9. The summed E-state index contributed by atoms with van der Waals surface area (Å²) < 4.78 is 0. The zero-order valence-electron chi connectivity index (χ0n) is 11.6. The molecule has 1 saturated carbocycles. The Morgan fingerprint density at radius 3 is 2.95 bits per heavy atom. The molecule has 1 amide bonds. The zero-order chi connectivity index (χ0) is 14.2. The maximum atomic E-state index is 12.7. The van der Waals surface area contributed by atoms with Crippen molar-refractivity contribution in [2.24, 2.45) is 5.92 Å². The molecule has 1 atom stereocenters. The van der Waals surface area contributed by atoms with Gasteiger partial charge in [0, 0.05) is 30.4 Å². The Morgan fingerprint density at radius 1 is 1.29 bits per heavy atom. The van der Waals surface area contributed by atoms with Crippen LogP contribution in [0.5, 0.6) is 0 Å². The van der Waals surface area contributed by atoms with E-state index in [1.165, 1.54) is 24.2 Å². The van der Waals surface area contributed by atoms with Crippen LogP contribution in [0.25, 0.3) is 10.7 Å². The molecule has 1 unspecified atom stereocenters. The minimum atomic E-state index is 0.0794. The predicted octanol–water partition coefficient (Wildman–Crippen LogP) is 2.61. The van der Waals surface area contributed by atoms with E-state index in [9.17, 15) is 4.79 Å². The van der Waals surface area contributed by atoms with E-state index in [2.05, 4.69) is 15.0 Å². The Kier molecular flexibility index (Phi) is 3.18. The standard InChI is InChI=1S/C15H16N4OS/c20-15(19-7-1-2-13(19)10-3-4-10)12-9-21-14(18-12)11-8-16-5-6-17-11/h5-6,8-10,13H,1-4,7H2. The van der Waals surface area contributed by atoms with Gasteiger partial charge in [0.2, 0.25) is 0 Å². The number of carbonyl (C=O) groups excluding carboxylic acids is 1. The van der Waals surface area contributed by atoms with Crippen LogP contribution in [0.15, 0.2) is 24.0 Å². The first-order valence-electron chi connectivity index (χ1n) is 7.36. The summed E-state index contributed by atoms with van der Waals surface area (Å²) in [5.74, 6) is 0.810. The molecule has 1 aliphatic heterocycles. The lowest BCUT2D eigenvalue weighted by molar-refractivity contribution is 0.0716. The molecule has 2 aliphatic rings. The molecule has 0 spiro atoms. The molecule has 0 N–H and O–H groups in total. The van der Waals surface area contributed by atoms with Crippen molar-refractivity contribution in [3.63, 3.8) is 0 Å². The van der Waals surface area contributed by atoms with Crippen LogP contribution in [0.4, 0.5) is 0 Å². The molecule has 3 heterocycles. The van der Waals surface area contributed by atoms with E-state index in [4.69, 9.17) is 0 Å². The van der Waals surface area contributed by atoms with E-state index < -0.39 is 0 Å². The van der Waals surface area contributed by atoms with Crippen LogP contribution >= 0.6 is 11.3 Å². The number of amides is 1. The maximum absolute atomic E-state index is 12.7. The smallest absolute Gasteiger partial charge is 0.273 e. The molecular formula is C15H16N4OS. The third-order valence-corrected chi connectivity index (χ3v) is 5.10. The Bertz CT molecular complexity index is 653. The van der Waals surface area contributed by atoms with Gasteiger partial charge < -0.3 is 4.90 Å². The van der Waals surface area contributed by atoms with Crippen molar-refractivity contribution in [1.29, 1.82) is 0 Å². The second-order valence-corrected chi connectivity index (χ2v) is 6.53. The van der Waals surface area contributed by atoms with E-state index in [1.54, 1.807) is 18.6 Å². The highest BCUT2D eigenvalue weighted by molar-refractivity contribution is 7.13. The normalized spacial score (nSPS) is 21.7. The van der Waals surface area contributed by atoms with Gasteiger partial charge in [-0.3, -0.25) is 14.8 Å². The maximum Gasteiger partial charge on any atom is 0.273 e. The van der Waals surface area contributed by atoms with Crippen molar-refractivity contribution in [3.05, 3.63) is 29.7 Å². The van der Waals surface area contributed by atoms with Crippen LogP contribution in [0.3, 0.4) is 0 Å². The molecule has 1 saturated heterocycles. The lowest BCUT2D eigenvalue weighted by Crippen LogP contribution is -2.36. The summed E-state index contributed by atoms with van der Waals surface area (Å²) in [6.07, 6.45) is 9.77. The van der Waals surface area contributed by atoms with Gasteiger partial charge in [0.25, 0.3) is 5.91 Å². The molecule has 0 aromatic carbocycles. The van der Waals surface area contributed by atoms with Crippen LogP contribution in [0.2, 0.25) is 0 Å². The van der Waals surface area contributed by atoms with Crippen molar-refractivity contribution in [2.75, 3.05) is 6.54 Å². The second-order valence-electron chi connectivity index (χ2n) is 5.67. The summed E-state index contributed by atoms with van der Waals surface area (Å²) in [6, 6.07) is 0.444. The molecule has 0 bridgehead atoms. The highest BCUT2D eigenvalue weighted by Gasteiger charge is 2.40. The van der Waals surface area contributed by atoms with E-state index >= 15 is 0 Å². The van der Waals surface area contributed by atoms with Crippen LogP contribution in [0.1, 0.15) is 36.2 Å². The molecule has 21 heavy (non-hydrogen) atoms. The van der Waals surface area contributed by atoms with Crippen LogP contribution in [-0.4, -0.2) is 38.3 Å². The lowest BCUT2D eigenvalue weighted by Gasteiger charge is -2.23. The molecular weight excluding hydrogens is 284 g/mol. The van der Waals surface area contributed by atoms with Gasteiger partial charge >= 0.3 is 0 Å². The van der Waals surface area contributed by atoms with Gasteiger partial charge in [-0.15, -0.1) is 11.3 Å². The van der Waals surface area contributed by atoms with Crippen molar-refractivity contribution in [1.82, 2.24) is 19.9 Å². The third kappa shape index (κ3) is 2.44. The average Bonchev–Trinajstić information content (AvgIpc) is 3.06. The molecule has 6 heteroatoms. The second kappa shape index (κ2) is 5.18. The number of likely N-dealkylation sites (tertiary alicyclic amines) is 1. The Hall–Kier alpha value is -1.82. The minimum Gasteiger partial charge on any atom is -0.334 e. The lowest BCUT2D eigenvalue weighted by atomic mass is 10.1. The van der Waals surface area contributed by atoms with Crippen LogP contribution in [0, 0.1) is 5.92 Å². The van der Waals surface area contributed by atoms with E-state index in [0.717, 1.165) is 36.0 Å². The van der Waals surface area contributed by atoms with Gasteiger partial charge in [-0.1, -0.05) is 0 Å². The summed E-state index contributed by atoms with van der Waals surface area (Å²) in [5, 5.41) is 2.60. The van der Waals surface area contributed by atoms with Gasteiger partial charge in [0.15, 0.2) is 0 Å². The number of hydrogen-bond acceptors (Lipinski definition) is 5. The summed E-state index contributed by atoms with van der Waals surface area (Å²) in [6.45, 7) is 0.873.